The number of carbonyl (C=O) groups excluding carboxylic acids is 3. The van der Waals surface area contributed by atoms with E-state index in [1.807, 2.05) is 12.3 Å². The van der Waals surface area contributed by atoms with Crippen LogP contribution in [0.15, 0.2) is 24.4 Å². The van der Waals surface area contributed by atoms with Crippen LogP contribution in [0.4, 0.5) is 0 Å². The fraction of sp³-hybridized carbons (Fsp3) is 0.560. The Kier molecular flexibility index (Phi) is 4.23. The van der Waals surface area contributed by atoms with Gasteiger partial charge in [0.05, 0.1) is 18.3 Å². The molecule has 34 heavy (non-hydrogen) atoms. The van der Waals surface area contributed by atoms with Gasteiger partial charge in [0.2, 0.25) is 11.8 Å². The number of amides is 3. The van der Waals surface area contributed by atoms with Gasteiger partial charge in [-0.2, -0.15) is 0 Å². The molecule has 9 heteroatoms. The number of benzene rings is 1. The highest BCUT2D eigenvalue weighted by Crippen LogP contribution is 2.62. The molecule has 4 aliphatic carbocycles. The number of aromatic nitrogens is 3. The van der Waals surface area contributed by atoms with Crippen molar-refractivity contribution in [1.82, 2.24) is 25.2 Å². The van der Waals surface area contributed by atoms with Crippen molar-refractivity contribution >= 4 is 17.7 Å². The van der Waals surface area contributed by atoms with E-state index >= 15 is 0 Å². The molecule has 9 nitrogen and oxygen atoms in total. The Morgan fingerprint density at radius 1 is 1.12 bits per heavy atom. The molecule has 1 aromatic heterocycles. The van der Waals surface area contributed by atoms with Gasteiger partial charge in [-0.3, -0.25) is 19.7 Å². The fourth-order valence-corrected chi connectivity index (χ4v) is 7.49. The number of imide groups is 1. The summed E-state index contributed by atoms with van der Waals surface area (Å²) < 4.78 is 8.23. The van der Waals surface area contributed by atoms with E-state index in [4.69, 9.17) is 4.74 Å². The van der Waals surface area contributed by atoms with Gasteiger partial charge in [-0.25, -0.2) is 4.68 Å². The van der Waals surface area contributed by atoms with E-state index in [0.717, 1.165) is 29.0 Å². The number of hydrogen-bond donors (Lipinski definition) is 1. The van der Waals surface area contributed by atoms with E-state index in [0.29, 0.717) is 17.7 Å². The first kappa shape index (κ1) is 20.2. The van der Waals surface area contributed by atoms with Crippen LogP contribution in [-0.2, 0) is 28.3 Å². The number of rotatable bonds is 5. The maximum Gasteiger partial charge on any atom is 0.255 e. The maximum absolute atomic E-state index is 13.0. The molecule has 0 radical (unpaired) electrons. The zero-order valence-corrected chi connectivity index (χ0v) is 18.9. The normalized spacial score (nSPS) is 33.5. The molecule has 6 aliphatic rings. The molecule has 2 aromatic rings. The van der Waals surface area contributed by atoms with Gasteiger partial charge in [0.25, 0.3) is 5.91 Å². The number of piperidine rings is 1. The largest absolute Gasteiger partial charge is 0.487 e. The third-order valence-corrected chi connectivity index (χ3v) is 8.83. The molecule has 2 aliphatic heterocycles. The highest BCUT2D eigenvalue weighted by atomic mass is 16.5. The summed E-state index contributed by atoms with van der Waals surface area (Å²) in [5.74, 6) is 2.28. The van der Waals surface area contributed by atoms with Crippen molar-refractivity contribution in [2.45, 2.75) is 69.7 Å². The summed E-state index contributed by atoms with van der Waals surface area (Å²) in [5.41, 5.74) is 2.24. The molecule has 176 valence electrons. The summed E-state index contributed by atoms with van der Waals surface area (Å²) in [5, 5.41) is 11.2. The Morgan fingerprint density at radius 3 is 2.71 bits per heavy atom. The van der Waals surface area contributed by atoms with Gasteiger partial charge in [0.15, 0.2) is 0 Å². The molecule has 1 N–H and O–H groups in total. The first-order valence-corrected chi connectivity index (χ1v) is 12.3. The zero-order chi connectivity index (χ0) is 23.0. The van der Waals surface area contributed by atoms with Crippen LogP contribution in [0.3, 0.4) is 0 Å². The van der Waals surface area contributed by atoms with Gasteiger partial charge in [-0.05, 0) is 68.4 Å². The Hall–Kier alpha value is -3.23. The molecule has 3 heterocycles. The van der Waals surface area contributed by atoms with Crippen molar-refractivity contribution in [1.29, 1.82) is 0 Å². The van der Waals surface area contributed by atoms with Gasteiger partial charge in [-0.15, -0.1) is 5.10 Å². The predicted molar refractivity (Wildman–Crippen MR) is 118 cm³/mol. The zero-order valence-electron chi connectivity index (χ0n) is 18.9. The summed E-state index contributed by atoms with van der Waals surface area (Å²) in [6.07, 6.45) is 9.07. The Balaban J connectivity index is 1.07. The molecule has 8 rings (SSSR count). The lowest BCUT2D eigenvalue weighted by Gasteiger charge is -2.38. The van der Waals surface area contributed by atoms with Crippen LogP contribution in [0.2, 0.25) is 0 Å². The van der Waals surface area contributed by atoms with E-state index in [1.54, 1.807) is 17.0 Å². The van der Waals surface area contributed by atoms with Crippen LogP contribution >= 0.6 is 0 Å². The Morgan fingerprint density at radius 2 is 1.94 bits per heavy atom. The molecular formula is C25H27N5O4. The molecule has 4 bridgehead atoms. The van der Waals surface area contributed by atoms with Crippen LogP contribution in [0.1, 0.15) is 66.6 Å². The molecule has 3 atom stereocenters. The van der Waals surface area contributed by atoms with Crippen molar-refractivity contribution in [3.8, 4) is 5.75 Å². The van der Waals surface area contributed by atoms with Crippen LogP contribution in [0, 0.1) is 17.8 Å². The van der Waals surface area contributed by atoms with E-state index < -0.39 is 11.9 Å². The molecule has 3 amide bonds. The van der Waals surface area contributed by atoms with Crippen molar-refractivity contribution in [2.75, 3.05) is 0 Å². The Labute approximate surface area is 196 Å². The highest BCUT2D eigenvalue weighted by Gasteiger charge is 2.57. The van der Waals surface area contributed by atoms with Crippen LogP contribution in [0.5, 0.6) is 5.75 Å². The van der Waals surface area contributed by atoms with E-state index in [9.17, 15) is 14.4 Å². The molecule has 4 saturated carbocycles. The first-order chi connectivity index (χ1) is 16.5. The highest BCUT2D eigenvalue weighted by molar-refractivity contribution is 6.05. The van der Waals surface area contributed by atoms with Crippen molar-refractivity contribution in [2.24, 2.45) is 17.8 Å². The van der Waals surface area contributed by atoms with E-state index in [-0.39, 0.29) is 36.9 Å². The summed E-state index contributed by atoms with van der Waals surface area (Å²) in [7, 11) is 0. The van der Waals surface area contributed by atoms with Gasteiger partial charge in [0.1, 0.15) is 24.1 Å². The van der Waals surface area contributed by atoms with Crippen molar-refractivity contribution in [3.63, 3.8) is 0 Å². The van der Waals surface area contributed by atoms with E-state index in [1.165, 1.54) is 32.1 Å². The van der Waals surface area contributed by atoms with Gasteiger partial charge in [-0.1, -0.05) is 11.3 Å². The lowest BCUT2D eigenvalue weighted by Crippen LogP contribution is -2.52. The fourth-order valence-electron chi connectivity index (χ4n) is 7.49. The Bertz CT molecular complexity index is 1200. The minimum absolute atomic E-state index is 0.143. The molecule has 1 saturated heterocycles. The van der Waals surface area contributed by atoms with Crippen molar-refractivity contribution in [3.05, 3.63) is 41.2 Å². The van der Waals surface area contributed by atoms with Gasteiger partial charge < -0.3 is 9.64 Å². The second-order valence-corrected chi connectivity index (χ2v) is 10.8. The van der Waals surface area contributed by atoms with Crippen LogP contribution in [-0.4, -0.2) is 43.7 Å². The average molecular weight is 462 g/mol. The molecule has 3 unspecified atom stereocenters. The van der Waals surface area contributed by atoms with Crippen molar-refractivity contribution < 1.29 is 19.1 Å². The number of fused-ring (bicyclic) bond motifs is 1. The molecule has 1 aromatic carbocycles. The number of carbonyl (C=O) groups is 3. The minimum Gasteiger partial charge on any atom is -0.487 e. The SMILES string of the molecule is O=C1CCC(N2Cc3c(OCc4cn(C56CC7CC(C5)C(C7)C6)nn4)cccc3C2=O)C(=O)N1. The monoisotopic (exact) mass is 461 g/mol. The number of ether oxygens (including phenoxy) is 1. The number of nitrogens with one attached hydrogen (secondary N) is 1. The summed E-state index contributed by atoms with van der Waals surface area (Å²) in [6, 6.07) is 4.76. The summed E-state index contributed by atoms with van der Waals surface area (Å²) in [4.78, 5) is 38.4. The second-order valence-electron chi connectivity index (χ2n) is 10.8. The quantitative estimate of drug-likeness (QED) is 0.684. The molecule has 5 fully saturated rings. The maximum atomic E-state index is 13.0. The van der Waals surface area contributed by atoms with Crippen LogP contribution < -0.4 is 10.1 Å². The molecule has 0 spiro atoms. The smallest absolute Gasteiger partial charge is 0.255 e. The number of hydrogen-bond acceptors (Lipinski definition) is 6. The predicted octanol–water partition coefficient (Wildman–Crippen LogP) is 2.15. The topological polar surface area (TPSA) is 106 Å². The van der Waals surface area contributed by atoms with E-state index in [2.05, 4.69) is 20.3 Å². The lowest BCUT2D eigenvalue weighted by atomic mass is 9.76. The number of nitrogens with zero attached hydrogens (tertiary/aromatic N) is 4. The van der Waals surface area contributed by atoms with Crippen LogP contribution in [0.25, 0.3) is 0 Å². The second kappa shape index (κ2) is 7.13. The van der Waals surface area contributed by atoms with Gasteiger partial charge >= 0.3 is 0 Å². The standard InChI is InChI=1S/C25H27N5O4/c31-22-5-4-20(23(32)26-22)29-12-19-18(24(29)33)2-1-3-21(19)34-13-17-11-30(28-27-17)25-8-14-6-15(9-25)16(7-14)10-25/h1-3,11,14-16,20H,4-10,12-13H2,(H,26,31,32). The summed E-state index contributed by atoms with van der Waals surface area (Å²) in [6.45, 7) is 0.562. The van der Waals surface area contributed by atoms with Gasteiger partial charge in [0, 0.05) is 17.5 Å². The minimum atomic E-state index is -0.637. The third-order valence-electron chi connectivity index (χ3n) is 8.83. The third kappa shape index (κ3) is 2.95. The average Bonchev–Trinajstić information content (AvgIpc) is 3.55. The first-order valence-electron chi connectivity index (χ1n) is 12.3. The molecular weight excluding hydrogens is 434 g/mol. The lowest BCUT2D eigenvalue weighted by molar-refractivity contribution is -0.136. The summed E-state index contributed by atoms with van der Waals surface area (Å²) >= 11 is 0.